The highest BCUT2D eigenvalue weighted by atomic mass is 35.5. The molecule has 0 saturated carbocycles. The average Bonchev–Trinajstić information content (AvgIpc) is 2.50. The fourth-order valence-corrected chi connectivity index (χ4v) is 3.41. The van der Waals surface area contributed by atoms with E-state index in [1.165, 1.54) is 12.1 Å². The molecule has 0 unspecified atom stereocenters. The van der Waals surface area contributed by atoms with Crippen LogP contribution in [0.1, 0.15) is 24.2 Å². The van der Waals surface area contributed by atoms with Gasteiger partial charge in [0.2, 0.25) is 0 Å². The third kappa shape index (κ3) is 5.17. The molecule has 2 atom stereocenters. The number of hydrogen-bond donors (Lipinski definition) is 0. The fraction of sp³-hybridized carbons (Fsp3) is 0.500. The lowest BCUT2D eigenvalue weighted by Gasteiger charge is -2.35. The van der Waals surface area contributed by atoms with Gasteiger partial charge in [0.15, 0.2) is 16.4 Å². The highest BCUT2D eigenvalue weighted by molar-refractivity contribution is 7.90. The number of carbonyl (C=O) groups is 2. The van der Waals surface area contributed by atoms with Gasteiger partial charge >= 0.3 is 5.97 Å². The van der Waals surface area contributed by atoms with Gasteiger partial charge < -0.3 is 14.4 Å². The van der Waals surface area contributed by atoms with Crippen molar-refractivity contribution in [3.05, 3.63) is 28.8 Å². The molecule has 1 aromatic carbocycles. The predicted octanol–water partition coefficient (Wildman–Crippen LogP) is 1.54. The molecule has 0 bridgehead atoms. The Balaban J connectivity index is 2.04. The summed E-state index contributed by atoms with van der Waals surface area (Å²) < 4.78 is 33.7. The van der Waals surface area contributed by atoms with Gasteiger partial charge in [0.1, 0.15) is 0 Å². The quantitative estimate of drug-likeness (QED) is 0.725. The number of hydrogen-bond acceptors (Lipinski definition) is 6. The van der Waals surface area contributed by atoms with Gasteiger partial charge in [0.05, 0.1) is 27.7 Å². The van der Waals surface area contributed by atoms with Crippen LogP contribution in [0.4, 0.5) is 0 Å². The Bertz CT molecular complexity index is 769. The second-order valence-electron chi connectivity index (χ2n) is 6.05. The molecule has 7 nitrogen and oxygen atoms in total. The summed E-state index contributed by atoms with van der Waals surface area (Å²) in [5.41, 5.74) is -0.0962. The van der Waals surface area contributed by atoms with E-state index in [4.69, 9.17) is 21.1 Å². The maximum atomic E-state index is 12.2. The molecule has 2 rings (SSSR count). The van der Waals surface area contributed by atoms with Crippen LogP contribution >= 0.6 is 11.6 Å². The Morgan fingerprint density at radius 1 is 1.28 bits per heavy atom. The van der Waals surface area contributed by atoms with Gasteiger partial charge in [-0.25, -0.2) is 13.2 Å². The number of sulfone groups is 1. The van der Waals surface area contributed by atoms with Gasteiger partial charge in [-0.1, -0.05) is 11.6 Å². The smallest absolute Gasteiger partial charge is 0.340 e. The summed E-state index contributed by atoms with van der Waals surface area (Å²) in [6, 6.07) is 3.75. The lowest BCUT2D eigenvalue weighted by Crippen LogP contribution is -2.49. The van der Waals surface area contributed by atoms with Gasteiger partial charge in [-0.2, -0.15) is 0 Å². The van der Waals surface area contributed by atoms with E-state index in [0.29, 0.717) is 13.1 Å². The summed E-state index contributed by atoms with van der Waals surface area (Å²) >= 11 is 5.94. The molecule has 1 saturated heterocycles. The molecule has 138 valence electrons. The number of nitrogens with zero attached hydrogens (tertiary/aromatic N) is 1. The normalized spacial score (nSPS) is 21.0. The van der Waals surface area contributed by atoms with Crippen LogP contribution in [-0.2, 0) is 24.1 Å². The molecule has 1 amide bonds. The van der Waals surface area contributed by atoms with Crippen molar-refractivity contribution in [1.29, 1.82) is 0 Å². The fourth-order valence-electron chi connectivity index (χ4n) is 2.57. The van der Waals surface area contributed by atoms with Gasteiger partial charge in [0.25, 0.3) is 5.91 Å². The third-order valence-electron chi connectivity index (χ3n) is 3.68. The van der Waals surface area contributed by atoms with Gasteiger partial charge in [-0.3, -0.25) is 4.79 Å². The van der Waals surface area contributed by atoms with E-state index in [2.05, 4.69) is 0 Å². The van der Waals surface area contributed by atoms with Crippen molar-refractivity contribution in [2.75, 3.05) is 26.0 Å². The first kappa shape index (κ1) is 19.7. The summed E-state index contributed by atoms with van der Waals surface area (Å²) in [5.74, 6) is -1.19. The maximum Gasteiger partial charge on any atom is 0.340 e. The van der Waals surface area contributed by atoms with Crippen LogP contribution in [0.15, 0.2) is 23.1 Å². The Morgan fingerprint density at radius 3 is 2.44 bits per heavy atom. The zero-order valence-corrected chi connectivity index (χ0v) is 15.8. The summed E-state index contributed by atoms with van der Waals surface area (Å²) in [5, 5.41) is 0.0541. The van der Waals surface area contributed by atoms with Gasteiger partial charge in [-0.15, -0.1) is 0 Å². The number of halogens is 1. The van der Waals surface area contributed by atoms with Crippen molar-refractivity contribution in [2.45, 2.75) is 31.0 Å². The number of carbonyl (C=O) groups excluding carboxylic acids is 2. The zero-order valence-electron chi connectivity index (χ0n) is 14.2. The summed E-state index contributed by atoms with van der Waals surface area (Å²) in [4.78, 5) is 25.9. The second-order valence-corrected chi connectivity index (χ2v) is 8.47. The number of rotatable bonds is 4. The van der Waals surface area contributed by atoms with E-state index in [0.717, 1.165) is 12.3 Å². The van der Waals surface area contributed by atoms with Crippen molar-refractivity contribution in [3.8, 4) is 0 Å². The highest BCUT2D eigenvalue weighted by Gasteiger charge is 2.27. The van der Waals surface area contributed by atoms with Crippen LogP contribution < -0.4 is 0 Å². The van der Waals surface area contributed by atoms with E-state index < -0.39 is 22.4 Å². The largest absolute Gasteiger partial charge is 0.452 e. The number of amides is 1. The molecule has 0 spiro atoms. The number of benzene rings is 1. The van der Waals surface area contributed by atoms with E-state index in [1.807, 2.05) is 13.8 Å². The minimum atomic E-state index is -3.49. The molecule has 1 aliphatic heterocycles. The molecule has 1 aromatic rings. The number of morpholine rings is 1. The Hall–Kier alpha value is -1.64. The van der Waals surface area contributed by atoms with Crippen LogP contribution in [0.3, 0.4) is 0 Å². The first-order chi connectivity index (χ1) is 11.6. The maximum absolute atomic E-state index is 12.2. The molecule has 0 N–H and O–H groups in total. The lowest BCUT2D eigenvalue weighted by molar-refractivity contribution is -0.146. The second kappa shape index (κ2) is 7.72. The molecular weight excluding hydrogens is 370 g/mol. The topological polar surface area (TPSA) is 90.0 Å². The molecule has 0 radical (unpaired) electrons. The summed E-state index contributed by atoms with van der Waals surface area (Å²) in [6.45, 7) is 4.12. The molecule has 1 fully saturated rings. The van der Waals surface area contributed by atoms with E-state index in [1.54, 1.807) is 4.90 Å². The average molecular weight is 390 g/mol. The van der Waals surface area contributed by atoms with Crippen molar-refractivity contribution >= 4 is 33.3 Å². The summed E-state index contributed by atoms with van der Waals surface area (Å²) in [7, 11) is -3.49. The van der Waals surface area contributed by atoms with Crippen LogP contribution in [0.25, 0.3) is 0 Å². The SMILES string of the molecule is C[C@@H]1CN(C(=O)COC(=O)c2cc(S(C)(=O)=O)ccc2Cl)C[C@H](C)O1. The zero-order chi connectivity index (χ0) is 18.8. The minimum Gasteiger partial charge on any atom is -0.452 e. The molecule has 25 heavy (non-hydrogen) atoms. The van der Waals surface area contributed by atoms with Crippen LogP contribution in [-0.4, -0.2) is 63.4 Å². The van der Waals surface area contributed by atoms with Crippen LogP contribution in [0.5, 0.6) is 0 Å². The van der Waals surface area contributed by atoms with Crippen molar-refractivity contribution < 1.29 is 27.5 Å². The Labute approximate surface area is 151 Å². The van der Waals surface area contributed by atoms with E-state index in [9.17, 15) is 18.0 Å². The van der Waals surface area contributed by atoms with Crippen molar-refractivity contribution in [3.63, 3.8) is 0 Å². The molecule has 0 aliphatic carbocycles. The first-order valence-electron chi connectivity index (χ1n) is 7.68. The van der Waals surface area contributed by atoms with E-state index >= 15 is 0 Å². The summed E-state index contributed by atoms with van der Waals surface area (Å²) in [6.07, 6.45) is 0.837. The standard InChI is InChI=1S/C16H20ClNO6S/c1-10-7-18(8-11(2)24-10)15(19)9-23-16(20)13-6-12(25(3,21)22)4-5-14(13)17/h4-6,10-11H,7-9H2,1-3H3/t10-,11+. The molecule has 0 aromatic heterocycles. The van der Waals surface area contributed by atoms with Crippen LogP contribution in [0.2, 0.25) is 5.02 Å². The Morgan fingerprint density at radius 2 is 1.88 bits per heavy atom. The lowest BCUT2D eigenvalue weighted by atomic mass is 10.2. The van der Waals surface area contributed by atoms with Gasteiger partial charge in [-0.05, 0) is 32.0 Å². The third-order valence-corrected chi connectivity index (χ3v) is 5.12. The number of ether oxygens (including phenoxy) is 2. The minimum absolute atomic E-state index is 0.0500. The molecular formula is C16H20ClNO6S. The molecule has 1 aliphatic rings. The predicted molar refractivity (Wildman–Crippen MR) is 91.4 cm³/mol. The highest BCUT2D eigenvalue weighted by Crippen LogP contribution is 2.21. The first-order valence-corrected chi connectivity index (χ1v) is 9.95. The Kier molecular flexibility index (Phi) is 6.08. The van der Waals surface area contributed by atoms with Crippen molar-refractivity contribution in [1.82, 2.24) is 4.90 Å². The van der Waals surface area contributed by atoms with Gasteiger partial charge in [0, 0.05) is 19.3 Å². The van der Waals surface area contributed by atoms with Crippen LogP contribution in [0, 0.1) is 0 Å². The molecule has 9 heteroatoms. The van der Waals surface area contributed by atoms with Crippen molar-refractivity contribution in [2.24, 2.45) is 0 Å². The van der Waals surface area contributed by atoms with E-state index in [-0.39, 0.29) is 33.6 Å². The molecule has 1 heterocycles. The monoisotopic (exact) mass is 389 g/mol. The number of esters is 1.